The van der Waals surface area contributed by atoms with Crippen molar-refractivity contribution in [2.75, 3.05) is 6.61 Å². The summed E-state index contributed by atoms with van der Waals surface area (Å²) in [4.78, 5) is 11.0. The van der Waals surface area contributed by atoms with Crippen LogP contribution in [0.5, 0.6) is 0 Å². The highest BCUT2D eigenvalue weighted by atomic mass is 32.2. The molecule has 1 heterocycles. The molecular weight excluding hydrogens is 284 g/mol. The number of sulfonamides is 1. The number of carboxylic acids is 1. The summed E-state index contributed by atoms with van der Waals surface area (Å²) < 4.78 is 28.1. The molecule has 8 heteroatoms. The SMILES string of the molecule is CC(CCO)NS(=O)(=O)c1cc(C(=O)O)n(C(C)C)c1. The van der Waals surface area contributed by atoms with Crippen LogP contribution in [0.15, 0.2) is 17.2 Å². The highest BCUT2D eigenvalue weighted by Crippen LogP contribution is 2.19. The lowest BCUT2D eigenvalue weighted by Gasteiger charge is -2.12. The third-order valence-electron chi connectivity index (χ3n) is 2.83. The van der Waals surface area contributed by atoms with Gasteiger partial charge in [0.1, 0.15) is 10.6 Å². The van der Waals surface area contributed by atoms with Crippen LogP contribution in [0.1, 0.15) is 43.7 Å². The summed E-state index contributed by atoms with van der Waals surface area (Å²) >= 11 is 0. The van der Waals surface area contributed by atoms with E-state index < -0.39 is 22.0 Å². The molecule has 1 rings (SSSR count). The highest BCUT2D eigenvalue weighted by Gasteiger charge is 2.23. The lowest BCUT2D eigenvalue weighted by molar-refractivity contribution is 0.0683. The number of nitrogens with one attached hydrogen (secondary N) is 1. The minimum absolute atomic E-state index is 0.0739. The molecule has 20 heavy (non-hydrogen) atoms. The number of carboxylic acid groups (broad SMARTS) is 1. The van der Waals surface area contributed by atoms with E-state index in [0.717, 1.165) is 6.07 Å². The van der Waals surface area contributed by atoms with E-state index >= 15 is 0 Å². The first-order chi connectivity index (χ1) is 9.19. The average Bonchev–Trinajstić information content (AvgIpc) is 2.73. The Bertz CT molecular complexity index is 577. The first-order valence-electron chi connectivity index (χ1n) is 6.27. The third kappa shape index (κ3) is 3.81. The summed E-state index contributed by atoms with van der Waals surface area (Å²) in [6.07, 6.45) is 1.60. The van der Waals surface area contributed by atoms with Crippen LogP contribution in [0.3, 0.4) is 0 Å². The van der Waals surface area contributed by atoms with E-state index in [4.69, 9.17) is 10.2 Å². The summed E-state index contributed by atoms with van der Waals surface area (Å²) in [6, 6.07) is 0.539. The summed E-state index contributed by atoms with van der Waals surface area (Å²) in [6.45, 7) is 5.04. The van der Waals surface area contributed by atoms with E-state index in [-0.39, 0.29) is 29.7 Å². The third-order valence-corrected chi connectivity index (χ3v) is 4.38. The Morgan fingerprint density at radius 2 is 2.00 bits per heavy atom. The molecule has 1 unspecified atom stereocenters. The number of hydrogen-bond acceptors (Lipinski definition) is 4. The molecule has 1 aromatic rings. The Morgan fingerprint density at radius 3 is 2.40 bits per heavy atom. The fourth-order valence-corrected chi connectivity index (χ4v) is 3.09. The number of aromatic nitrogens is 1. The number of nitrogens with zero attached hydrogens (tertiary/aromatic N) is 1. The predicted octanol–water partition coefficient (Wildman–Crippen LogP) is 0.816. The molecule has 0 aliphatic rings. The second-order valence-corrected chi connectivity index (χ2v) is 6.62. The summed E-state index contributed by atoms with van der Waals surface area (Å²) in [5.74, 6) is -1.18. The summed E-state index contributed by atoms with van der Waals surface area (Å²) in [7, 11) is -3.80. The van der Waals surface area contributed by atoms with Crippen LogP contribution in [0.2, 0.25) is 0 Å². The van der Waals surface area contributed by atoms with Gasteiger partial charge in [-0.25, -0.2) is 17.9 Å². The van der Waals surface area contributed by atoms with Crippen molar-refractivity contribution in [3.63, 3.8) is 0 Å². The van der Waals surface area contributed by atoms with Crippen LogP contribution in [-0.4, -0.2) is 41.8 Å². The zero-order chi connectivity index (χ0) is 15.5. The molecule has 0 aliphatic carbocycles. The van der Waals surface area contributed by atoms with E-state index in [1.807, 2.05) is 0 Å². The molecule has 3 N–H and O–H groups in total. The van der Waals surface area contributed by atoms with Crippen LogP contribution in [-0.2, 0) is 10.0 Å². The number of rotatable bonds is 7. The molecule has 7 nitrogen and oxygen atoms in total. The van der Waals surface area contributed by atoms with Gasteiger partial charge < -0.3 is 14.8 Å². The molecule has 0 saturated heterocycles. The Morgan fingerprint density at radius 1 is 1.40 bits per heavy atom. The van der Waals surface area contributed by atoms with Crippen molar-refractivity contribution >= 4 is 16.0 Å². The number of aromatic carboxylic acids is 1. The van der Waals surface area contributed by atoms with Gasteiger partial charge in [-0.1, -0.05) is 0 Å². The van der Waals surface area contributed by atoms with Gasteiger partial charge in [0.05, 0.1) is 0 Å². The molecule has 0 bridgehead atoms. The second kappa shape index (κ2) is 6.38. The van der Waals surface area contributed by atoms with Gasteiger partial charge in [0.2, 0.25) is 10.0 Å². The van der Waals surface area contributed by atoms with Crippen molar-refractivity contribution in [2.24, 2.45) is 0 Å². The smallest absolute Gasteiger partial charge is 0.352 e. The molecule has 0 aliphatic heterocycles. The second-order valence-electron chi connectivity index (χ2n) is 4.90. The van der Waals surface area contributed by atoms with Gasteiger partial charge >= 0.3 is 5.97 Å². The van der Waals surface area contributed by atoms with E-state index in [2.05, 4.69) is 4.72 Å². The van der Waals surface area contributed by atoms with Crippen molar-refractivity contribution in [3.8, 4) is 0 Å². The zero-order valence-corrected chi connectivity index (χ0v) is 12.5. The van der Waals surface area contributed by atoms with E-state index in [9.17, 15) is 13.2 Å². The first kappa shape index (κ1) is 16.7. The van der Waals surface area contributed by atoms with E-state index in [1.54, 1.807) is 20.8 Å². The van der Waals surface area contributed by atoms with Gasteiger partial charge in [0.15, 0.2) is 0 Å². The first-order valence-corrected chi connectivity index (χ1v) is 7.75. The normalized spacial score (nSPS) is 13.7. The maximum Gasteiger partial charge on any atom is 0.352 e. The summed E-state index contributed by atoms with van der Waals surface area (Å²) in [5, 5.41) is 17.9. The monoisotopic (exact) mass is 304 g/mol. The Balaban J connectivity index is 3.13. The van der Waals surface area contributed by atoms with Crippen LogP contribution in [0.25, 0.3) is 0 Å². The van der Waals surface area contributed by atoms with Crippen LogP contribution in [0.4, 0.5) is 0 Å². The van der Waals surface area contributed by atoms with Crippen LogP contribution >= 0.6 is 0 Å². The Labute approximate surface area is 118 Å². The molecule has 0 spiro atoms. The topological polar surface area (TPSA) is 109 Å². The lowest BCUT2D eigenvalue weighted by atomic mass is 10.3. The van der Waals surface area contributed by atoms with Crippen molar-refractivity contribution < 1.29 is 23.4 Å². The quantitative estimate of drug-likeness (QED) is 0.691. The highest BCUT2D eigenvalue weighted by molar-refractivity contribution is 7.89. The largest absolute Gasteiger partial charge is 0.477 e. The molecule has 1 aromatic heterocycles. The molecule has 114 valence electrons. The van der Waals surface area contributed by atoms with Crippen molar-refractivity contribution in [2.45, 2.75) is 44.2 Å². The van der Waals surface area contributed by atoms with Crippen LogP contribution < -0.4 is 4.72 Å². The number of aliphatic hydroxyl groups excluding tert-OH is 1. The molecule has 0 radical (unpaired) electrons. The van der Waals surface area contributed by atoms with Crippen molar-refractivity contribution in [3.05, 3.63) is 18.0 Å². The fraction of sp³-hybridized carbons (Fsp3) is 0.583. The van der Waals surface area contributed by atoms with Crippen molar-refractivity contribution in [1.82, 2.24) is 9.29 Å². The maximum atomic E-state index is 12.1. The molecule has 0 aromatic carbocycles. The van der Waals surface area contributed by atoms with Gasteiger partial charge in [-0.05, 0) is 33.3 Å². The van der Waals surface area contributed by atoms with Gasteiger partial charge in [-0.3, -0.25) is 0 Å². The zero-order valence-electron chi connectivity index (χ0n) is 11.7. The number of carbonyl (C=O) groups is 1. The fourth-order valence-electron chi connectivity index (χ4n) is 1.79. The standard InChI is InChI=1S/C12H20N2O5S/c1-8(2)14-7-10(6-11(14)12(16)17)20(18,19)13-9(3)4-5-15/h6-9,13,15H,4-5H2,1-3H3,(H,16,17). The predicted molar refractivity (Wildman–Crippen MR) is 73.3 cm³/mol. The number of aliphatic hydroxyl groups is 1. The van der Waals surface area contributed by atoms with Crippen molar-refractivity contribution in [1.29, 1.82) is 0 Å². The minimum Gasteiger partial charge on any atom is -0.477 e. The average molecular weight is 304 g/mol. The maximum absolute atomic E-state index is 12.1. The summed E-state index contributed by atoms with van der Waals surface area (Å²) in [5.41, 5.74) is -0.0739. The van der Waals surface area contributed by atoms with Crippen LogP contribution in [0, 0.1) is 0 Å². The molecular formula is C12H20N2O5S. The Hall–Kier alpha value is -1.38. The van der Waals surface area contributed by atoms with Gasteiger partial charge in [-0.2, -0.15) is 0 Å². The number of hydrogen-bond donors (Lipinski definition) is 3. The lowest BCUT2D eigenvalue weighted by Crippen LogP contribution is -2.33. The molecule has 0 fully saturated rings. The molecule has 1 atom stereocenters. The molecule has 0 amide bonds. The van der Waals surface area contributed by atoms with Gasteiger partial charge in [-0.15, -0.1) is 0 Å². The Kier molecular flexibility index (Phi) is 5.32. The van der Waals surface area contributed by atoms with Gasteiger partial charge in [0, 0.05) is 24.9 Å². The molecule has 0 saturated carbocycles. The minimum atomic E-state index is -3.80. The van der Waals surface area contributed by atoms with Gasteiger partial charge in [0.25, 0.3) is 0 Å². The van der Waals surface area contributed by atoms with E-state index in [1.165, 1.54) is 10.8 Å². The van der Waals surface area contributed by atoms with E-state index in [0.29, 0.717) is 0 Å².